The van der Waals surface area contributed by atoms with Crippen molar-refractivity contribution in [2.24, 2.45) is 0 Å². The average molecular weight is 175 g/mol. The summed E-state index contributed by atoms with van der Waals surface area (Å²) < 4.78 is 4.76. The summed E-state index contributed by atoms with van der Waals surface area (Å²) >= 11 is 0. The molecule has 67 valence electrons. The maximum Gasteiger partial charge on any atom is 0.338 e. The van der Waals surface area contributed by atoms with Gasteiger partial charge in [-0.25, -0.2) is 4.79 Å². The molecule has 0 aliphatic rings. The summed E-state index contributed by atoms with van der Waals surface area (Å²) in [6.45, 7) is 7.65. The Morgan fingerprint density at radius 3 is 2.54 bits per heavy atom. The van der Waals surface area contributed by atoms with Gasteiger partial charge in [0, 0.05) is 0 Å². The third-order valence-corrected chi connectivity index (χ3v) is 1.58. The Hall–Kier alpha value is -1.57. The fraction of sp³-hybridized carbons (Fsp3) is 0.182. The Morgan fingerprint density at radius 2 is 2.00 bits per heavy atom. The molecule has 0 aliphatic carbocycles. The second-order valence-corrected chi connectivity index (χ2v) is 2.50. The molecule has 0 aliphatic heterocycles. The molecular formula is C11H11O2. The summed E-state index contributed by atoms with van der Waals surface area (Å²) in [7, 11) is 0. The van der Waals surface area contributed by atoms with Gasteiger partial charge in [0.05, 0.1) is 12.2 Å². The molecule has 2 heteroatoms. The van der Waals surface area contributed by atoms with Crippen molar-refractivity contribution in [3.63, 3.8) is 0 Å². The molecule has 0 amide bonds. The van der Waals surface area contributed by atoms with Crippen LogP contribution in [0.15, 0.2) is 30.3 Å². The molecule has 1 aromatic carbocycles. The Kier molecular flexibility index (Phi) is 3.26. The molecule has 0 fully saturated rings. The number of esters is 1. The van der Waals surface area contributed by atoms with Crippen LogP contribution in [0.25, 0.3) is 5.57 Å². The van der Waals surface area contributed by atoms with E-state index in [1.807, 2.05) is 18.2 Å². The maximum absolute atomic E-state index is 11.2. The van der Waals surface area contributed by atoms with Crippen LogP contribution in [0.2, 0.25) is 0 Å². The third-order valence-electron chi connectivity index (χ3n) is 1.58. The van der Waals surface area contributed by atoms with Crippen LogP contribution in [0.5, 0.6) is 0 Å². The van der Waals surface area contributed by atoms with E-state index in [1.54, 1.807) is 19.1 Å². The topological polar surface area (TPSA) is 26.3 Å². The van der Waals surface area contributed by atoms with E-state index < -0.39 is 5.97 Å². The summed E-state index contributed by atoms with van der Waals surface area (Å²) in [6, 6.07) is 9.04. The van der Waals surface area contributed by atoms with Gasteiger partial charge in [-0.15, -0.1) is 0 Å². The smallest absolute Gasteiger partial charge is 0.338 e. The van der Waals surface area contributed by atoms with Crippen molar-refractivity contribution in [3.8, 4) is 0 Å². The maximum atomic E-state index is 11.2. The number of carbonyl (C=O) groups is 1. The summed E-state index contributed by atoms with van der Waals surface area (Å²) in [5.41, 5.74) is 0.850. The minimum atomic E-state index is -0.464. The highest BCUT2D eigenvalue weighted by Gasteiger charge is 2.08. The van der Waals surface area contributed by atoms with Crippen molar-refractivity contribution in [1.29, 1.82) is 0 Å². The highest BCUT2D eigenvalue weighted by molar-refractivity contribution is 6.14. The van der Waals surface area contributed by atoms with Gasteiger partial charge >= 0.3 is 5.97 Å². The monoisotopic (exact) mass is 175 g/mol. The van der Waals surface area contributed by atoms with Crippen molar-refractivity contribution in [2.75, 3.05) is 6.61 Å². The van der Waals surface area contributed by atoms with Crippen molar-refractivity contribution < 1.29 is 9.53 Å². The number of benzene rings is 1. The SMILES string of the molecule is [CH]=C(C(=O)OCC)c1ccccc1. The van der Waals surface area contributed by atoms with E-state index in [-0.39, 0.29) is 5.57 Å². The quantitative estimate of drug-likeness (QED) is 0.519. The lowest BCUT2D eigenvalue weighted by molar-refractivity contribution is -0.136. The first-order chi connectivity index (χ1) is 6.25. The van der Waals surface area contributed by atoms with Crippen molar-refractivity contribution >= 4 is 11.5 Å². The Labute approximate surface area is 77.8 Å². The first-order valence-electron chi connectivity index (χ1n) is 4.10. The molecule has 0 unspecified atom stereocenters. The molecule has 0 saturated heterocycles. The Balaban J connectivity index is 2.74. The van der Waals surface area contributed by atoms with E-state index in [9.17, 15) is 4.79 Å². The van der Waals surface area contributed by atoms with Crippen LogP contribution in [-0.2, 0) is 9.53 Å². The number of carbonyl (C=O) groups excluding carboxylic acids is 1. The fourth-order valence-electron chi connectivity index (χ4n) is 0.944. The van der Waals surface area contributed by atoms with E-state index in [4.69, 9.17) is 11.3 Å². The molecule has 0 saturated carbocycles. The highest BCUT2D eigenvalue weighted by Crippen LogP contribution is 2.12. The minimum absolute atomic E-state index is 0.155. The standard InChI is InChI=1S/C11H11O2/c1-3-13-11(12)9(2)10-7-5-4-6-8-10/h2,4-8H,3H2,1H3. The van der Waals surface area contributed by atoms with Crippen molar-refractivity contribution in [3.05, 3.63) is 42.5 Å². The molecule has 0 bridgehead atoms. The predicted molar refractivity (Wildman–Crippen MR) is 50.8 cm³/mol. The zero-order chi connectivity index (χ0) is 9.68. The molecule has 0 N–H and O–H groups in total. The van der Waals surface area contributed by atoms with Gasteiger partial charge in [-0.05, 0) is 19.1 Å². The number of ether oxygens (including phenoxy) is 1. The molecule has 1 radical (unpaired) electrons. The fourth-order valence-corrected chi connectivity index (χ4v) is 0.944. The van der Waals surface area contributed by atoms with Gasteiger partial charge in [0.15, 0.2) is 0 Å². The number of hydrogen-bond donors (Lipinski definition) is 0. The van der Waals surface area contributed by atoms with Crippen LogP contribution in [0.3, 0.4) is 0 Å². The Morgan fingerprint density at radius 1 is 1.38 bits per heavy atom. The zero-order valence-electron chi connectivity index (χ0n) is 7.49. The summed E-state index contributed by atoms with van der Waals surface area (Å²) in [5, 5.41) is 0. The van der Waals surface area contributed by atoms with Crippen LogP contribution >= 0.6 is 0 Å². The average Bonchev–Trinajstić information content (AvgIpc) is 2.18. The molecular weight excluding hydrogens is 164 g/mol. The highest BCUT2D eigenvalue weighted by atomic mass is 16.5. The van der Waals surface area contributed by atoms with E-state index in [2.05, 4.69) is 0 Å². The predicted octanol–water partition coefficient (Wildman–Crippen LogP) is 2.07. The normalized spacial score (nSPS) is 9.31. The van der Waals surface area contributed by atoms with Gasteiger partial charge in [-0.1, -0.05) is 30.3 Å². The second-order valence-electron chi connectivity index (χ2n) is 2.50. The molecule has 2 nitrogen and oxygen atoms in total. The third kappa shape index (κ3) is 2.44. The molecule has 0 atom stereocenters. The van der Waals surface area contributed by atoms with Crippen LogP contribution in [0.4, 0.5) is 0 Å². The van der Waals surface area contributed by atoms with Crippen LogP contribution in [-0.4, -0.2) is 12.6 Å². The molecule has 1 rings (SSSR count). The lowest BCUT2D eigenvalue weighted by Gasteiger charge is -2.03. The van der Waals surface area contributed by atoms with Gasteiger partial charge in [0.2, 0.25) is 0 Å². The van der Waals surface area contributed by atoms with Crippen LogP contribution in [0.1, 0.15) is 12.5 Å². The molecule has 0 heterocycles. The van der Waals surface area contributed by atoms with E-state index in [0.717, 1.165) is 0 Å². The summed E-state index contributed by atoms with van der Waals surface area (Å²) in [5.74, 6) is -0.464. The molecule has 1 aromatic rings. The van der Waals surface area contributed by atoms with Gasteiger partial charge in [-0.2, -0.15) is 0 Å². The largest absolute Gasteiger partial charge is 0.462 e. The first-order valence-corrected chi connectivity index (χ1v) is 4.10. The second kappa shape index (κ2) is 4.45. The van der Waals surface area contributed by atoms with Gasteiger partial charge in [-0.3, -0.25) is 0 Å². The molecule has 13 heavy (non-hydrogen) atoms. The number of hydrogen-bond acceptors (Lipinski definition) is 2. The molecule has 0 aromatic heterocycles. The first kappa shape index (κ1) is 9.52. The zero-order valence-corrected chi connectivity index (χ0v) is 7.49. The van der Waals surface area contributed by atoms with E-state index in [0.29, 0.717) is 12.2 Å². The lowest BCUT2D eigenvalue weighted by atomic mass is 10.1. The van der Waals surface area contributed by atoms with Crippen molar-refractivity contribution in [2.45, 2.75) is 6.92 Å². The van der Waals surface area contributed by atoms with E-state index >= 15 is 0 Å². The van der Waals surface area contributed by atoms with Gasteiger partial charge in [0.1, 0.15) is 0 Å². The van der Waals surface area contributed by atoms with E-state index in [1.165, 1.54) is 0 Å². The van der Waals surface area contributed by atoms with Crippen LogP contribution in [0, 0.1) is 6.58 Å². The molecule has 0 spiro atoms. The van der Waals surface area contributed by atoms with Gasteiger partial charge < -0.3 is 4.74 Å². The Bertz CT molecular complexity index is 301. The van der Waals surface area contributed by atoms with Crippen molar-refractivity contribution in [1.82, 2.24) is 0 Å². The summed E-state index contributed by atoms with van der Waals surface area (Å²) in [6.07, 6.45) is 0. The lowest BCUT2D eigenvalue weighted by Crippen LogP contribution is -2.05. The van der Waals surface area contributed by atoms with Crippen LogP contribution < -0.4 is 0 Å². The number of rotatable bonds is 3. The van der Waals surface area contributed by atoms with Gasteiger partial charge in [0.25, 0.3) is 0 Å². The minimum Gasteiger partial charge on any atom is -0.462 e. The summed E-state index contributed by atoms with van der Waals surface area (Å²) in [4.78, 5) is 11.2.